The number of benzene rings is 1. The number of nitrogens with one attached hydrogen (secondary N) is 1. The third kappa shape index (κ3) is 3.27. The topological polar surface area (TPSA) is 59.8 Å². The normalized spacial score (nSPS) is 10.9. The number of nitrogens with zero attached hydrogens (tertiary/aromatic N) is 3. The Labute approximate surface area is 139 Å². The van der Waals surface area contributed by atoms with E-state index in [0.29, 0.717) is 13.0 Å². The standard InChI is InChI=1S/C18H19FN4O/c1-2-12-23-16(22-15-8-5-10-20-17(15)23)9-11-21-18(24)13-6-3-4-7-14(13)19/h3-8,10H,2,9,11-12H2,1H3,(H,21,24). The smallest absolute Gasteiger partial charge is 0.254 e. The molecule has 0 aliphatic heterocycles. The van der Waals surface area contributed by atoms with Gasteiger partial charge in [-0.05, 0) is 30.7 Å². The van der Waals surface area contributed by atoms with Crippen molar-refractivity contribution in [2.24, 2.45) is 0 Å². The van der Waals surface area contributed by atoms with Gasteiger partial charge in [-0.25, -0.2) is 14.4 Å². The summed E-state index contributed by atoms with van der Waals surface area (Å²) in [6.07, 6.45) is 3.28. The Morgan fingerprint density at radius 2 is 2.08 bits per heavy atom. The van der Waals surface area contributed by atoms with E-state index in [1.807, 2.05) is 12.1 Å². The molecule has 0 aliphatic carbocycles. The molecule has 0 fully saturated rings. The number of halogens is 1. The maximum atomic E-state index is 13.6. The third-order valence-electron chi connectivity index (χ3n) is 3.78. The molecule has 5 nitrogen and oxygen atoms in total. The minimum atomic E-state index is -0.516. The van der Waals surface area contributed by atoms with Crippen LogP contribution in [0.4, 0.5) is 4.39 Å². The van der Waals surface area contributed by atoms with Crippen molar-refractivity contribution in [2.75, 3.05) is 6.54 Å². The highest BCUT2D eigenvalue weighted by Gasteiger charge is 2.13. The molecule has 6 heteroatoms. The number of imidazole rings is 1. The summed E-state index contributed by atoms with van der Waals surface area (Å²) in [4.78, 5) is 21.0. The summed E-state index contributed by atoms with van der Waals surface area (Å²) in [5.41, 5.74) is 1.76. The molecule has 0 spiro atoms. The first-order valence-electron chi connectivity index (χ1n) is 8.03. The lowest BCUT2D eigenvalue weighted by atomic mass is 10.2. The highest BCUT2D eigenvalue weighted by molar-refractivity contribution is 5.94. The summed E-state index contributed by atoms with van der Waals surface area (Å²) in [7, 11) is 0. The van der Waals surface area contributed by atoms with Crippen molar-refractivity contribution in [1.82, 2.24) is 19.9 Å². The molecular weight excluding hydrogens is 307 g/mol. The van der Waals surface area contributed by atoms with E-state index in [2.05, 4.69) is 26.8 Å². The van der Waals surface area contributed by atoms with Crippen LogP contribution in [0, 0.1) is 5.82 Å². The molecule has 2 aromatic heterocycles. The summed E-state index contributed by atoms with van der Waals surface area (Å²) >= 11 is 0. The molecule has 0 aliphatic rings. The van der Waals surface area contributed by atoms with Gasteiger partial charge < -0.3 is 9.88 Å². The van der Waals surface area contributed by atoms with Crippen molar-refractivity contribution in [3.05, 3.63) is 59.8 Å². The fraction of sp³-hybridized carbons (Fsp3) is 0.278. The molecule has 0 radical (unpaired) electrons. The number of carbonyl (C=O) groups is 1. The van der Waals surface area contributed by atoms with E-state index >= 15 is 0 Å². The first-order valence-corrected chi connectivity index (χ1v) is 8.03. The number of hydrogen-bond donors (Lipinski definition) is 1. The van der Waals surface area contributed by atoms with Crippen molar-refractivity contribution in [1.29, 1.82) is 0 Å². The number of pyridine rings is 1. The van der Waals surface area contributed by atoms with Crippen LogP contribution in [0.15, 0.2) is 42.6 Å². The average Bonchev–Trinajstić information content (AvgIpc) is 2.93. The van der Waals surface area contributed by atoms with Crippen LogP contribution in [-0.4, -0.2) is 27.0 Å². The number of fused-ring (bicyclic) bond motifs is 1. The van der Waals surface area contributed by atoms with Crippen LogP contribution in [0.3, 0.4) is 0 Å². The van der Waals surface area contributed by atoms with E-state index in [1.165, 1.54) is 12.1 Å². The monoisotopic (exact) mass is 326 g/mol. The second kappa shape index (κ2) is 7.21. The Morgan fingerprint density at radius 3 is 2.88 bits per heavy atom. The Morgan fingerprint density at radius 1 is 1.25 bits per heavy atom. The first-order chi connectivity index (χ1) is 11.7. The maximum Gasteiger partial charge on any atom is 0.254 e. The zero-order valence-electron chi connectivity index (χ0n) is 13.5. The Hall–Kier alpha value is -2.76. The van der Waals surface area contributed by atoms with Crippen LogP contribution < -0.4 is 5.32 Å². The van der Waals surface area contributed by atoms with Crippen molar-refractivity contribution >= 4 is 17.1 Å². The van der Waals surface area contributed by atoms with Crippen LogP contribution in [0.5, 0.6) is 0 Å². The fourth-order valence-corrected chi connectivity index (χ4v) is 2.68. The van der Waals surface area contributed by atoms with Crippen LogP contribution in [0.2, 0.25) is 0 Å². The number of carbonyl (C=O) groups excluding carboxylic acids is 1. The molecule has 0 saturated carbocycles. The molecule has 3 rings (SSSR count). The van der Waals surface area contributed by atoms with Gasteiger partial charge in [0.05, 0.1) is 5.56 Å². The average molecular weight is 326 g/mol. The van der Waals surface area contributed by atoms with Gasteiger partial charge in [-0.1, -0.05) is 19.1 Å². The summed E-state index contributed by atoms with van der Waals surface area (Å²) < 4.78 is 15.7. The van der Waals surface area contributed by atoms with Crippen molar-refractivity contribution < 1.29 is 9.18 Å². The van der Waals surface area contributed by atoms with Crippen LogP contribution >= 0.6 is 0 Å². The van der Waals surface area contributed by atoms with Gasteiger partial charge in [0.15, 0.2) is 5.65 Å². The maximum absolute atomic E-state index is 13.6. The molecule has 124 valence electrons. The lowest BCUT2D eigenvalue weighted by Crippen LogP contribution is -2.27. The van der Waals surface area contributed by atoms with Crippen molar-refractivity contribution in [2.45, 2.75) is 26.3 Å². The highest BCUT2D eigenvalue weighted by Crippen LogP contribution is 2.14. The number of amides is 1. The van der Waals surface area contributed by atoms with Gasteiger partial charge in [0, 0.05) is 25.7 Å². The van der Waals surface area contributed by atoms with Crippen LogP contribution in [0.25, 0.3) is 11.2 Å². The lowest BCUT2D eigenvalue weighted by molar-refractivity contribution is 0.0950. The zero-order chi connectivity index (χ0) is 16.9. The second-order valence-corrected chi connectivity index (χ2v) is 5.51. The summed E-state index contributed by atoms with van der Waals surface area (Å²) in [6, 6.07) is 9.74. The fourth-order valence-electron chi connectivity index (χ4n) is 2.68. The molecule has 0 saturated heterocycles. The van der Waals surface area contributed by atoms with E-state index in [1.54, 1.807) is 18.3 Å². The minimum absolute atomic E-state index is 0.0567. The van der Waals surface area contributed by atoms with Gasteiger partial charge in [0.1, 0.15) is 17.2 Å². The number of hydrogen-bond acceptors (Lipinski definition) is 3. The van der Waals surface area contributed by atoms with E-state index in [0.717, 1.165) is 30.0 Å². The predicted molar refractivity (Wildman–Crippen MR) is 90.3 cm³/mol. The molecular formula is C18H19FN4O. The Balaban J connectivity index is 1.71. The molecule has 2 heterocycles. The van der Waals surface area contributed by atoms with E-state index in [9.17, 15) is 9.18 Å². The minimum Gasteiger partial charge on any atom is -0.351 e. The Kier molecular flexibility index (Phi) is 4.84. The number of aryl methyl sites for hydroxylation is 1. The molecule has 1 N–H and O–H groups in total. The summed E-state index contributed by atoms with van der Waals surface area (Å²) in [5.74, 6) is -0.0545. The third-order valence-corrected chi connectivity index (χ3v) is 3.78. The van der Waals surface area contributed by atoms with Gasteiger partial charge in [0.2, 0.25) is 0 Å². The molecule has 0 unspecified atom stereocenters. The summed E-state index contributed by atoms with van der Waals surface area (Å²) in [5, 5.41) is 2.75. The summed E-state index contributed by atoms with van der Waals surface area (Å²) in [6.45, 7) is 3.31. The largest absolute Gasteiger partial charge is 0.351 e. The molecule has 1 aromatic carbocycles. The molecule has 0 bridgehead atoms. The quantitative estimate of drug-likeness (QED) is 0.757. The van der Waals surface area contributed by atoms with E-state index < -0.39 is 11.7 Å². The Bertz CT molecular complexity index is 859. The van der Waals surface area contributed by atoms with Crippen molar-refractivity contribution in [3.63, 3.8) is 0 Å². The SMILES string of the molecule is CCCn1c(CCNC(=O)c2ccccc2F)nc2cccnc21. The van der Waals surface area contributed by atoms with Crippen LogP contribution in [0.1, 0.15) is 29.5 Å². The molecule has 24 heavy (non-hydrogen) atoms. The molecule has 3 aromatic rings. The zero-order valence-corrected chi connectivity index (χ0v) is 13.5. The van der Waals surface area contributed by atoms with Crippen molar-refractivity contribution in [3.8, 4) is 0 Å². The lowest BCUT2D eigenvalue weighted by Gasteiger charge is -2.08. The second-order valence-electron chi connectivity index (χ2n) is 5.51. The van der Waals surface area contributed by atoms with Gasteiger partial charge in [0.25, 0.3) is 5.91 Å². The highest BCUT2D eigenvalue weighted by atomic mass is 19.1. The predicted octanol–water partition coefficient (Wildman–Crippen LogP) is 2.95. The number of rotatable bonds is 6. The first kappa shape index (κ1) is 16.1. The van der Waals surface area contributed by atoms with Gasteiger partial charge in [-0.3, -0.25) is 4.79 Å². The van der Waals surface area contributed by atoms with E-state index in [4.69, 9.17) is 0 Å². The van der Waals surface area contributed by atoms with E-state index in [-0.39, 0.29) is 5.56 Å². The number of aromatic nitrogens is 3. The van der Waals surface area contributed by atoms with Gasteiger partial charge in [-0.15, -0.1) is 0 Å². The van der Waals surface area contributed by atoms with Gasteiger partial charge in [-0.2, -0.15) is 0 Å². The van der Waals surface area contributed by atoms with Gasteiger partial charge >= 0.3 is 0 Å². The molecule has 1 amide bonds. The van der Waals surface area contributed by atoms with Crippen LogP contribution in [-0.2, 0) is 13.0 Å². The molecule has 0 atom stereocenters.